The first-order valence-electron chi connectivity index (χ1n) is 7.76. The Balaban J connectivity index is 1.95. The van der Waals surface area contributed by atoms with E-state index in [9.17, 15) is 9.59 Å². The second-order valence-electron chi connectivity index (χ2n) is 6.28. The van der Waals surface area contributed by atoms with E-state index in [0.29, 0.717) is 0 Å². The van der Waals surface area contributed by atoms with Crippen molar-refractivity contribution in [2.45, 2.75) is 33.6 Å². The molecule has 2 amide bonds. The molecule has 0 aromatic heterocycles. The summed E-state index contributed by atoms with van der Waals surface area (Å²) in [4.78, 5) is 25.4. The lowest BCUT2D eigenvalue weighted by atomic mass is 9.95. The predicted molar refractivity (Wildman–Crippen MR) is 87.6 cm³/mol. The number of primary amides is 1. The van der Waals surface area contributed by atoms with Gasteiger partial charge < -0.3 is 11.1 Å². The molecule has 120 valence electrons. The highest BCUT2D eigenvalue weighted by Crippen LogP contribution is 2.24. The van der Waals surface area contributed by atoms with Crippen molar-refractivity contribution in [2.24, 2.45) is 11.7 Å². The van der Waals surface area contributed by atoms with Crippen molar-refractivity contribution in [1.29, 1.82) is 0 Å². The number of carbonyl (C=O) groups is 2. The van der Waals surface area contributed by atoms with E-state index in [-0.39, 0.29) is 24.3 Å². The fraction of sp³-hybridized carbons (Fsp3) is 0.529. The topological polar surface area (TPSA) is 75.4 Å². The van der Waals surface area contributed by atoms with Crippen LogP contribution in [0, 0.1) is 26.7 Å². The van der Waals surface area contributed by atoms with Gasteiger partial charge in [-0.1, -0.05) is 17.7 Å². The Hall–Kier alpha value is -1.88. The smallest absolute Gasteiger partial charge is 0.231 e. The van der Waals surface area contributed by atoms with Crippen molar-refractivity contribution in [3.05, 3.63) is 28.8 Å². The minimum absolute atomic E-state index is 0.00392. The normalized spacial score (nSPS) is 16.5. The van der Waals surface area contributed by atoms with Gasteiger partial charge in [-0.15, -0.1) is 0 Å². The molecule has 0 atom stereocenters. The lowest BCUT2D eigenvalue weighted by Gasteiger charge is -2.30. The second-order valence-corrected chi connectivity index (χ2v) is 6.28. The number of benzene rings is 1. The van der Waals surface area contributed by atoms with E-state index in [4.69, 9.17) is 5.73 Å². The van der Waals surface area contributed by atoms with E-state index in [1.807, 2.05) is 18.7 Å². The maximum atomic E-state index is 12.5. The number of anilines is 1. The van der Waals surface area contributed by atoms with Gasteiger partial charge in [-0.05, 0) is 57.8 Å². The van der Waals surface area contributed by atoms with Crippen LogP contribution < -0.4 is 11.1 Å². The fourth-order valence-electron chi connectivity index (χ4n) is 3.18. The third-order valence-corrected chi connectivity index (χ3v) is 4.26. The molecule has 1 saturated heterocycles. The van der Waals surface area contributed by atoms with E-state index in [0.717, 1.165) is 42.7 Å². The zero-order valence-electron chi connectivity index (χ0n) is 13.6. The summed E-state index contributed by atoms with van der Waals surface area (Å²) in [6.07, 6.45) is 1.53. The molecule has 0 unspecified atom stereocenters. The Labute approximate surface area is 131 Å². The van der Waals surface area contributed by atoms with Gasteiger partial charge in [0.25, 0.3) is 0 Å². The summed E-state index contributed by atoms with van der Waals surface area (Å²) >= 11 is 0. The zero-order chi connectivity index (χ0) is 16.3. The molecule has 5 heteroatoms. The number of aryl methyl sites for hydroxylation is 3. The first-order chi connectivity index (χ1) is 10.4. The number of likely N-dealkylation sites (tertiary alicyclic amines) is 1. The molecule has 5 nitrogen and oxygen atoms in total. The van der Waals surface area contributed by atoms with E-state index in [1.54, 1.807) is 0 Å². The molecule has 0 bridgehead atoms. The van der Waals surface area contributed by atoms with Crippen LogP contribution in [0.2, 0.25) is 0 Å². The Morgan fingerprint density at radius 1 is 1.18 bits per heavy atom. The minimum Gasteiger partial charge on any atom is -0.369 e. The molecule has 1 aromatic carbocycles. The Kier molecular flexibility index (Phi) is 5.19. The van der Waals surface area contributed by atoms with E-state index in [2.05, 4.69) is 24.4 Å². The summed E-state index contributed by atoms with van der Waals surface area (Å²) in [6.45, 7) is 7.86. The molecular weight excluding hydrogens is 278 g/mol. The maximum absolute atomic E-state index is 12.5. The molecule has 1 heterocycles. The number of rotatable bonds is 4. The lowest BCUT2D eigenvalue weighted by molar-refractivity contribution is -0.122. The van der Waals surface area contributed by atoms with Crippen LogP contribution in [0.3, 0.4) is 0 Å². The standard InChI is InChI=1S/C17H25N3O2/c1-11-8-12(2)16(13(3)9-11)19-17(22)14-4-6-20(7-5-14)10-15(18)21/h8-9,14H,4-7,10H2,1-3H3,(H2,18,21)(H,19,22). The van der Waals surface area contributed by atoms with Crippen LogP contribution in [-0.2, 0) is 9.59 Å². The molecule has 22 heavy (non-hydrogen) atoms. The van der Waals surface area contributed by atoms with Crippen molar-refractivity contribution < 1.29 is 9.59 Å². The van der Waals surface area contributed by atoms with E-state index < -0.39 is 0 Å². The number of carbonyl (C=O) groups excluding carboxylic acids is 2. The Bertz CT molecular complexity index is 552. The number of hydrogen-bond donors (Lipinski definition) is 2. The van der Waals surface area contributed by atoms with Gasteiger partial charge in [-0.2, -0.15) is 0 Å². The summed E-state index contributed by atoms with van der Waals surface area (Å²) in [5.74, 6) is -0.230. The zero-order valence-corrected chi connectivity index (χ0v) is 13.6. The number of amides is 2. The maximum Gasteiger partial charge on any atom is 0.231 e. The monoisotopic (exact) mass is 303 g/mol. The van der Waals surface area contributed by atoms with Crippen molar-refractivity contribution in [3.8, 4) is 0 Å². The summed E-state index contributed by atoms with van der Waals surface area (Å²) in [7, 11) is 0. The molecule has 0 spiro atoms. The van der Waals surface area contributed by atoms with Crippen molar-refractivity contribution >= 4 is 17.5 Å². The van der Waals surface area contributed by atoms with Crippen LogP contribution in [0.5, 0.6) is 0 Å². The van der Waals surface area contributed by atoms with Gasteiger partial charge in [0.1, 0.15) is 0 Å². The molecule has 3 N–H and O–H groups in total. The first-order valence-corrected chi connectivity index (χ1v) is 7.76. The molecule has 0 aliphatic carbocycles. The lowest BCUT2D eigenvalue weighted by Crippen LogP contribution is -2.42. The molecule has 1 aromatic rings. The number of hydrogen-bond acceptors (Lipinski definition) is 3. The van der Waals surface area contributed by atoms with Crippen molar-refractivity contribution in [1.82, 2.24) is 4.90 Å². The minimum atomic E-state index is -0.311. The Morgan fingerprint density at radius 3 is 2.23 bits per heavy atom. The highest BCUT2D eigenvalue weighted by atomic mass is 16.2. The van der Waals surface area contributed by atoms with Crippen LogP contribution in [0.1, 0.15) is 29.5 Å². The van der Waals surface area contributed by atoms with Crippen LogP contribution in [0.25, 0.3) is 0 Å². The third-order valence-electron chi connectivity index (χ3n) is 4.26. The van der Waals surface area contributed by atoms with Crippen molar-refractivity contribution in [2.75, 3.05) is 25.0 Å². The van der Waals surface area contributed by atoms with E-state index >= 15 is 0 Å². The average molecular weight is 303 g/mol. The number of nitrogens with zero attached hydrogens (tertiary/aromatic N) is 1. The van der Waals surface area contributed by atoms with E-state index in [1.165, 1.54) is 5.56 Å². The quantitative estimate of drug-likeness (QED) is 0.889. The largest absolute Gasteiger partial charge is 0.369 e. The summed E-state index contributed by atoms with van der Waals surface area (Å²) in [6, 6.07) is 4.16. The number of nitrogens with two attached hydrogens (primary N) is 1. The van der Waals surface area contributed by atoms with Crippen LogP contribution in [0.15, 0.2) is 12.1 Å². The van der Waals surface area contributed by atoms with Crippen LogP contribution in [0.4, 0.5) is 5.69 Å². The molecule has 0 radical (unpaired) electrons. The summed E-state index contributed by atoms with van der Waals surface area (Å²) in [5, 5.41) is 3.08. The molecule has 0 saturated carbocycles. The van der Waals surface area contributed by atoms with Gasteiger partial charge in [0.15, 0.2) is 0 Å². The fourth-order valence-corrected chi connectivity index (χ4v) is 3.18. The van der Waals surface area contributed by atoms with Crippen molar-refractivity contribution in [3.63, 3.8) is 0 Å². The van der Waals surface area contributed by atoms with Crippen LogP contribution in [-0.4, -0.2) is 36.3 Å². The van der Waals surface area contributed by atoms with Gasteiger partial charge >= 0.3 is 0 Å². The van der Waals surface area contributed by atoms with Gasteiger partial charge in [-0.25, -0.2) is 0 Å². The van der Waals surface area contributed by atoms with Gasteiger partial charge in [0.05, 0.1) is 6.54 Å². The van der Waals surface area contributed by atoms with Gasteiger partial charge in [0.2, 0.25) is 11.8 Å². The van der Waals surface area contributed by atoms with Crippen LogP contribution >= 0.6 is 0 Å². The van der Waals surface area contributed by atoms with Gasteiger partial charge in [-0.3, -0.25) is 14.5 Å². The Morgan fingerprint density at radius 2 is 1.73 bits per heavy atom. The molecule has 2 rings (SSSR count). The molecule has 1 fully saturated rings. The predicted octanol–water partition coefficient (Wildman–Crippen LogP) is 1.75. The van der Waals surface area contributed by atoms with Gasteiger partial charge in [0, 0.05) is 11.6 Å². The molecule has 1 aliphatic heterocycles. The third kappa shape index (κ3) is 4.07. The SMILES string of the molecule is Cc1cc(C)c(NC(=O)C2CCN(CC(N)=O)CC2)c(C)c1. The number of nitrogens with one attached hydrogen (secondary N) is 1. The summed E-state index contributed by atoms with van der Waals surface area (Å²) in [5.41, 5.74) is 9.52. The highest BCUT2D eigenvalue weighted by Gasteiger charge is 2.26. The average Bonchev–Trinajstić information content (AvgIpc) is 2.42. The second kappa shape index (κ2) is 6.92. The highest BCUT2D eigenvalue weighted by molar-refractivity contribution is 5.94. The number of piperidine rings is 1. The molecular formula is C17H25N3O2. The first kappa shape index (κ1) is 16.5. The summed E-state index contributed by atoms with van der Waals surface area (Å²) < 4.78 is 0. The molecule has 1 aliphatic rings.